The van der Waals surface area contributed by atoms with Crippen LogP contribution in [0.3, 0.4) is 0 Å². The summed E-state index contributed by atoms with van der Waals surface area (Å²) < 4.78 is 1.84. The van der Waals surface area contributed by atoms with Crippen LogP contribution >= 0.6 is 0 Å². The van der Waals surface area contributed by atoms with Crippen molar-refractivity contribution in [2.75, 3.05) is 20.1 Å². The minimum atomic E-state index is -0.561. The summed E-state index contributed by atoms with van der Waals surface area (Å²) >= 11 is 0. The van der Waals surface area contributed by atoms with Crippen LogP contribution in [0.2, 0.25) is 0 Å². The molecule has 1 saturated heterocycles. The Bertz CT molecular complexity index is 420. The number of amides is 1. The average Bonchev–Trinajstić information content (AvgIpc) is 2.69. The number of hydrogen-bond donors (Lipinski definition) is 2. The predicted octanol–water partition coefficient (Wildman–Crippen LogP) is -0.541. The molecule has 1 amide bonds. The number of piperidine rings is 1. The molecule has 2 heterocycles. The molecule has 2 rings (SSSR count). The van der Waals surface area contributed by atoms with E-state index in [2.05, 4.69) is 22.2 Å². The summed E-state index contributed by atoms with van der Waals surface area (Å²) in [5.74, 6) is 0.695. The fourth-order valence-corrected chi connectivity index (χ4v) is 2.17. The lowest BCUT2D eigenvalue weighted by Crippen LogP contribution is -2.61. The van der Waals surface area contributed by atoms with Gasteiger partial charge < -0.3 is 20.5 Å². The first-order chi connectivity index (χ1) is 8.48. The Morgan fingerprint density at radius 1 is 1.50 bits per heavy atom. The van der Waals surface area contributed by atoms with Crippen molar-refractivity contribution in [3.63, 3.8) is 0 Å². The Morgan fingerprint density at radius 3 is 2.72 bits per heavy atom. The largest absolute Gasteiger partial charge is 0.338 e. The number of nitrogens with zero attached hydrogens (tertiary/aromatic N) is 3. The van der Waals surface area contributed by atoms with Crippen molar-refractivity contribution >= 4 is 5.91 Å². The standard InChI is InChI=1S/C12H21N5O/c1-16-6-3-12(13,4-7-16)15-11(18)9-10-14-5-8-17(10)2/h5,8H,3-4,6-7,9,13H2,1-2H3,(H,15,18). The van der Waals surface area contributed by atoms with Crippen LogP contribution in [0.1, 0.15) is 18.7 Å². The SMILES string of the molecule is CN1CCC(N)(NC(=O)Cc2nccn2C)CC1. The van der Waals surface area contributed by atoms with Crippen LogP contribution in [0, 0.1) is 0 Å². The highest BCUT2D eigenvalue weighted by molar-refractivity contribution is 5.78. The predicted molar refractivity (Wildman–Crippen MR) is 68.7 cm³/mol. The van der Waals surface area contributed by atoms with Crippen molar-refractivity contribution in [2.24, 2.45) is 12.8 Å². The highest BCUT2D eigenvalue weighted by atomic mass is 16.1. The van der Waals surface area contributed by atoms with E-state index in [0.29, 0.717) is 0 Å². The Hall–Kier alpha value is -1.40. The van der Waals surface area contributed by atoms with E-state index in [4.69, 9.17) is 5.73 Å². The molecule has 0 saturated carbocycles. The monoisotopic (exact) mass is 251 g/mol. The topological polar surface area (TPSA) is 76.2 Å². The summed E-state index contributed by atoms with van der Waals surface area (Å²) in [6.45, 7) is 1.83. The number of nitrogens with one attached hydrogen (secondary N) is 1. The number of aryl methyl sites for hydroxylation is 1. The third-order valence-electron chi connectivity index (χ3n) is 3.51. The minimum absolute atomic E-state index is 0.0589. The van der Waals surface area contributed by atoms with E-state index in [9.17, 15) is 4.79 Å². The molecule has 1 fully saturated rings. The number of imidazole rings is 1. The van der Waals surface area contributed by atoms with E-state index in [0.717, 1.165) is 31.8 Å². The van der Waals surface area contributed by atoms with Gasteiger partial charge in [0.25, 0.3) is 0 Å². The van der Waals surface area contributed by atoms with Gasteiger partial charge in [-0.2, -0.15) is 0 Å². The van der Waals surface area contributed by atoms with Crippen molar-refractivity contribution in [3.8, 4) is 0 Å². The maximum atomic E-state index is 12.0. The van der Waals surface area contributed by atoms with Crippen molar-refractivity contribution in [1.29, 1.82) is 0 Å². The summed E-state index contributed by atoms with van der Waals surface area (Å²) in [5, 5.41) is 2.94. The summed E-state index contributed by atoms with van der Waals surface area (Å²) in [4.78, 5) is 18.3. The van der Waals surface area contributed by atoms with Gasteiger partial charge >= 0.3 is 0 Å². The second-order valence-corrected chi connectivity index (χ2v) is 5.14. The third kappa shape index (κ3) is 3.08. The van der Waals surface area contributed by atoms with E-state index in [1.165, 1.54) is 0 Å². The van der Waals surface area contributed by atoms with E-state index < -0.39 is 5.66 Å². The molecule has 1 aliphatic rings. The van der Waals surface area contributed by atoms with Gasteiger partial charge in [0.1, 0.15) is 5.82 Å². The van der Waals surface area contributed by atoms with E-state index in [1.807, 2.05) is 17.8 Å². The molecule has 6 nitrogen and oxygen atoms in total. The number of likely N-dealkylation sites (tertiary alicyclic amines) is 1. The fraction of sp³-hybridized carbons (Fsp3) is 0.667. The lowest BCUT2D eigenvalue weighted by molar-refractivity contribution is -0.123. The zero-order valence-corrected chi connectivity index (χ0v) is 11.0. The van der Waals surface area contributed by atoms with Crippen LogP contribution in [-0.4, -0.2) is 46.2 Å². The van der Waals surface area contributed by atoms with Crippen LogP contribution < -0.4 is 11.1 Å². The Labute approximate surface area is 107 Å². The number of nitrogens with two attached hydrogens (primary N) is 1. The molecule has 1 aromatic heterocycles. The Balaban J connectivity index is 1.89. The third-order valence-corrected chi connectivity index (χ3v) is 3.51. The van der Waals surface area contributed by atoms with Crippen LogP contribution in [0.5, 0.6) is 0 Å². The molecule has 1 aromatic rings. The minimum Gasteiger partial charge on any atom is -0.338 e. The molecule has 0 spiro atoms. The van der Waals surface area contributed by atoms with E-state index >= 15 is 0 Å². The molecule has 18 heavy (non-hydrogen) atoms. The quantitative estimate of drug-likeness (QED) is 0.707. The van der Waals surface area contributed by atoms with Gasteiger partial charge in [-0.1, -0.05) is 0 Å². The maximum Gasteiger partial charge on any atom is 0.229 e. The van der Waals surface area contributed by atoms with E-state index in [-0.39, 0.29) is 12.3 Å². The molecule has 0 bridgehead atoms. The molecule has 0 unspecified atom stereocenters. The van der Waals surface area contributed by atoms with Gasteiger partial charge in [-0.05, 0) is 19.9 Å². The molecule has 0 radical (unpaired) electrons. The van der Waals surface area contributed by atoms with Crippen molar-refractivity contribution in [3.05, 3.63) is 18.2 Å². The molecule has 0 aromatic carbocycles. The number of rotatable bonds is 3. The average molecular weight is 251 g/mol. The summed E-state index contributed by atoms with van der Waals surface area (Å²) in [6.07, 6.45) is 5.37. The summed E-state index contributed by atoms with van der Waals surface area (Å²) in [6, 6.07) is 0. The second kappa shape index (κ2) is 5.07. The molecular weight excluding hydrogens is 230 g/mol. The van der Waals surface area contributed by atoms with Crippen molar-refractivity contribution in [2.45, 2.75) is 24.9 Å². The van der Waals surface area contributed by atoms with Gasteiger partial charge in [0.15, 0.2) is 0 Å². The van der Waals surface area contributed by atoms with E-state index in [1.54, 1.807) is 6.20 Å². The number of hydrogen-bond acceptors (Lipinski definition) is 4. The molecular formula is C12H21N5O. The number of carbonyl (C=O) groups excluding carboxylic acids is 1. The zero-order chi connectivity index (χ0) is 13.2. The van der Waals surface area contributed by atoms with Gasteiger partial charge in [0, 0.05) is 32.5 Å². The molecule has 0 atom stereocenters. The fourth-order valence-electron chi connectivity index (χ4n) is 2.17. The van der Waals surface area contributed by atoms with Gasteiger partial charge in [-0.15, -0.1) is 0 Å². The Kier molecular flexibility index (Phi) is 3.68. The Morgan fingerprint density at radius 2 is 2.17 bits per heavy atom. The number of aromatic nitrogens is 2. The van der Waals surface area contributed by atoms with Gasteiger partial charge in [-0.25, -0.2) is 4.98 Å². The van der Waals surface area contributed by atoms with Gasteiger partial charge in [-0.3, -0.25) is 4.79 Å². The maximum absolute atomic E-state index is 12.0. The highest BCUT2D eigenvalue weighted by Crippen LogP contribution is 2.15. The first-order valence-corrected chi connectivity index (χ1v) is 6.23. The van der Waals surface area contributed by atoms with Crippen molar-refractivity contribution < 1.29 is 4.79 Å². The molecule has 1 aliphatic heterocycles. The first-order valence-electron chi connectivity index (χ1n) is 6.23. The van der Waals surface area contributed by atoms with Gasteiger partial charge in [0.05, 0.1) is 12.1 Å². The highest BCUT2D eigenvalue weighted by Gasteiger charge is 2.31. The van der Waals surface area contributed by atoms with Crippen LogP contribution in [0.15, 0.2) is 12.4 Å². The van der Waals surface area contributed by atoms with Crippen LogP contribution in [-0.2, 0) is 18.3 Å². The van der Waals surface area contributed by atoms with Gasteiger partial charge in [0.2, 0.25) is 5.91 Å². The normalized spacial score (nSPS) is 19.7. The second-order valence-electron chi connectivity index (χ2n) is 5.14. The van der Waals surface area contributed by atoms with Crippen LogP contribution in [0.25, 0.3) is 0 Å². The molecule has 3 N–H and O–H groups in total. The lowest BCUT2D eigenvalue weighted by atomic mass is 9.98. The van der Waals surface area contributed by atoms with Crippen LogP contribution in [0.4, 0.5) is 0 Å². The van der Waals surface area contributed by atoms with Crippen molar-refractivity contribution in [1.82, 2.24) is 19.8 Å². The molecule has 6 heteroatoms. The summed E-state index contributed by atoms with van der Waals surface area (Å²) in [5.41, 5.74) is 5.64. The zero-order valence-electron chi connectivity index (χ0n) is 11.0. The molecule has 0 aliphatic carbocycles. The number of carbonyl (C=O) groups is 1. The lowest BCUT2D eigenvalue weighted by Gasteiger charge is -2.38. The smallest absolute Gasteiger partial charge is 0.229 e. The summed E-state index contributed by atoms with van der Waals surface area (Å²) in [7, 11) is 3.94. The first kappa shape index (κ1) is 13.0. The molecule has 100 valence electrons.